The third-order valence-electron chi connectivity index (χ3n) is 7.65. The van der Waals surface area contributed by atoms with Crippen LogP contribution in [0.1, 0.15) is 44.9 Å². The maximum atomic E-state index is 13.0. The third-order valence-corrected chi connectivity index (χ3v) is 8.57. The van der Waals surface area contributed by atoms with E-state index in [1.807, 2.05) is 4.90 Å². The van der Waals surface area contributed by atoms with Gasteiger partial charge in [0, 0.05) is 57.4 Å². The first-order valence-electron chi connectivity index (χ1n) is 11.2. The van der Waals surface area contributed by atoms with Crippen LogP contribution in [-0.2, 0) is 19.4 Å². The molecule has 5 rings (SSSR count). The van der Waals surface area contributed by atoms with Crippen molar-refractivity contribution < 1.29 is 18.0 Å². The fourth-order valence-corrected chi connectivity index (χ4v) is 7.12. The van der Waals surface area contributed by atoms with Crippen LogP contribution in [0.15, 0.2) is 0 Å². The van der Waals surface area contributed by atoms with Crippen molar-refractivity contribution in [2.45, 2.75) is 44.9 Å². The number of piperazine rings is 1. The highest BCUT2D eigenvalue weighted by Gasteiger charge is 2.54. The molecular weight excluding hydrogens is 390 g/mol. The molecule has 0 radical (unpaired) electrons. The predicted molar refractivity (Wildman–Crippen MR) is 111 cm³/mol. The average Bonchev–Trinajstić information content (AvgIpc) is 2.65. The normalized spacial score (nSPS) is 34.4. The molecule has 1 aliphatic heterocycles. The van der Waals surface area contributed by atoms with Gasteiger partial charge in [0.2, 0.25) is 11.8 Å². The summed E-state index contributed by atoms with van der Waals surface area (Å²) >= 11 is 0. The van der Waals surface area contributed by atoms with Crippen molar-refractivity contribution in [3.63, 3.8) is 0 Å². The molecule has 8 heteroatoms. The molecule has 2 amide bonds. The summed E-state index contributed by atoms with van der Waals surface area (Å²) in [5.41, 5.74) is -0.150. The predicted octanol–water partition coefficient (Wildman–Crippen LogP) is 0.898. The zero-order chi connectivity index (χ0) is 20.6. The molecule has 0 aromatic heterocycles. The molecule has 5 aliphatic rings. The number of hydrogen-bond acceptors (Lipinski definition) is 5. The molecule has 4 saturated carbocycles. The largest absolute Gasteiger partial charge is 0.355 e. The Morgan fingerprint density at radius 2 is 1.52 bits per heavy atom. The monoisotopic (exact) mass is 425 g/mol. The first-order valence-corrected chi connectivity index (χ1v) is 13.2. The van der Waals surface area contributed by atoms with Crippen LogP contribution in [-0.4, -0.2) is 81.3 Å². The molecule has 1 N–H and O–H groups in total. The van der Waals surface area contributed by atoms with E-state index in [9.17, 15) is 18.0 Å². The number of hydrogen-bond donors (Lipinski definition) is 1. The maximum absolute atomic E-state index is 13.0. The number of nitrogens with one attached hydrogen (secondary N) is 1. The van der Waals surface area contributed by atoms with Crippen LogP contribution in [0.25, 0.3) is 0 Å². The van der Waals surface area contributed by atoms with Crippen LogP contribution in [0.2, 0.25) is 0 Å². The van der Waals surface area contributed by atoms with Crippen molar-refractivity contribution in [1.29, 1.82) is 0 Å². The van der Waals surface area contributed by atoms with Gasteiger partial charge in [-0.05, 0) is 56.3 Å². The second-order valence-corrected chi connectivity index (χ2v) is 12.3. The Kier molecular flexibility index (Phi) is 5.95. The molecule has 5 fully saturated rings. The Balaban J connectivity index is 1.18. The zero-order valence-corrected chi connectivity index (χ0v) is 18.4. The second kappa shape index (κ2) is 8.17. The van der Waals surface area contributed by atoms with E-state index in [2.05, 4.69) is 10.2 Å². The van der Waals surface area contributed by atoms with Crippen LogP contribution in [0.4, 0.5) is 0 Å². The third kappa shape index (κ3) is 4.95. The number of carbonyl (C=O) groups is 2. The summed E-state index contributed by atoms with van der Waals surface area (Å²) in [7, 11) is -2.95. The van der Waals surface area contributed by atoms with Crippen molar-refractivity contribution in [3.05, 3.63) is 0 Å². The van der Waals surface area contributed by atoms with E-state index >= 15 is 0 Å². The molecule has 1 heterocycles. The van der Waals surface area contributed by atoms with Gasteiger partial charge in [0.1, 0.15) is 9.84 Å². The Hall–Kier alpha value is -1.15. The standard InChI is InChI=1S/C21H35N3O4S/c1-29(27,28)9-8-23-4-6-24(7-5-23)19(25)2-3-22-20(26)21-13-16-10-17(14-21)12-18(11-16)15-21/h16-18H,2-15H2,1H3,(H,22,26). The van der Waals surface area contributed by atoms with Gasteiger partial charge in [-0.3, -0.25) is 14.5 Å². The number of nitrogens with zero attached hydrogens (tertiary/aromatic N) is 2. The molecule has 29 heavy (non-hydrogen) atoms. The van der Waals surface area contributed by atoms with Crippen molar-refractivity contribution >= 4 is 21.7 Å². The maximum Gasteiger partial charge on any atom is 0.226 e. The van der Waals surface area contributed by atoms with Gasteiger partial charge in [0.25, 0.3) is 0 Å². The van der Waals surface area contributed by atoms with E-state index in [0.29, 0.717) is 45.7 Å². The summed E-state index contributed by atoms with van der Waals surface area (Å²) in [6.45, 7) is 3.63. The summed E-state index contributed by atoms with van der Waals surface area (Å²) in [5, 5.41) is 3.09. The van der Waals surface area contributed by atoms with E-state index in [-0.39, 0.29) is 23.0 Å². The molecule has 4 bridgehead atoms. The van der Waals surface area contributed by atoms with Crippen LogP contribution in [0.5, 0.6) is 0 Å². The van der Waals surface area contributed by atoms with Crippen LogP contribution in [0, 0.1) is 23.2 Å². The summed E-state index contributed by atoms with van der Waals surface area (Å²) in [6, 6.07) is 0. The Bertz CT molecular complexity index is 708. The van der Waals surface area contributed by atoms with Gasteiger partial charge in [-0.1, -0.05) is 0 Å². The number of rotatable bonds is 7. The minimum Gasteiger partial charge on any atom is -0.355 e. The molecule has 0 aromatic carbocycles. The van der Waals surface area contributed by atoms with Crippen LogP contribution >= 0.6 is 0 Å². The van der Waals surface area contributed by atoms with Crippen LogP contribution < -0.4 is 5.32 Å². The number of carbonyl (C=O) groups excluding carboxylic acids is 2. The molecule has 0 spiro atoms. The molecule has 7 nitrogen and oxygen atoms in total. The topological polar surface area (TPSA) is 86.8 Å². The van der Waals surface area contributed by atoms with Crippen molar-refractivity contribution in [3.8, 4) is 0 Å². The molecular formula is C21H35N3O4S. The quantitative estimate of drug-likeness (QED) is 0.655. The SMILES string of the molecule is CS(=O)(=O)CCN1CCN(C(=O)CCNC(=O)C23CC4CC(CC(C4)C2)C3)CC1. The highest BCUT2D eigenvalue weighted by atomic mass is 32.2. The molecule has 4 aliphatic carbocycles. The fourth-order valence-electron chi connectivity index (χ4n) is 6.53. The van der Waals surface area contributed by atoms with Gasteiger partial charge in [0.15, 0.2) is 0 Å². The van der Waals surface area contributed by atoms with Gasteiger partial charge in [-0.2, -0.15) is 0 Å². The lowest BCUT2D eigenvalue weighted by molar-refractivity contribution is -0.146. The first-order chi connectivity index (χ1) is 13.7. The summed E-state index contributed by atoms with van der Waals surface area (Å²) in [4.78, 5) is 29.4. The van der Waals surface area contributed by atoms with E-state index in [1.54, 1.807) is 0 Å². The lowest BCUT2D eigenvalue weighted by Gasteiger charge is -2.55. The second-order valence-electron chi connectivity index (χ2n) is 10.1. The molecule has 1 saturated heterocycles. The molecule has 0 atom stereocenters. The molecule has 0 unspecified atom stereocenters. The minimum atomic E-state index is -2.95. The Morgan fingerprint density at radius 3 is 2.03 bits per heavy atom. The van der Waals surface area contributed by atoms with E-state index in [4.69, 9.17) is 0 Å². The van der Waals surface area contributed by atoms with Crippen molar-refractivity contribution in [2.24, 2.45) is 23.2 Å². The van der Waals surface area contributed by atoms with E-state index < -0.39 is 9.84 Å². The van der Waals surface area contributed by atoms with E-state index in [1.165, 1.54) is 25.5 Å². The van der Waals surface area contributed by atoms with Gasteiger partial charge in [-0.15, -0.1) is 0 Å². The fraction of sp³-hybridized carbons (Fsp3) is 0.905. The van der Waals surface area contributed by atoms with Gasteiger partial charge >= 0.3 is 0 Å². The van der Waals surface area contributed by atoms with Crippen molar-refractivity contribution in [1.82, 2.24) is 15.1 Å². The number of sulfone groups is 1. The van der Waals surface area contributed by atoms with E-state index in [0.717, 1.165) is 37.0 Å². The van der Waals surface area contributed by atoms with Gasteiger partial charge < -0.3 is 10.2 Å². The first kappa shape index (κ1) is 21.1. The summed E-state index contributed by atoms with van der Waals surface area (Å²) < 4.78 is 22.6. The van der Waals surface area contributed by atoms with Gasteiger partial charge in [-0.25, -0.2) is 8.42 Å². The van der Waals surface area contributed by atoms with Crippen molar-refractivity contribution in [2.75, 3.05) is 51.3 Å². The van der Waals surface area contributed by atoms with Gasteiger partial charge in [0.05, 0.1) is 5.75 Å². The lowest BCUT2D eigenvalue weighted by Crippen LogP contribution is -2.54. The minimum absolute atomic E-state index is 0.0820. The summed E-state index contributed by atoms with van der Waals surface area (Å²) in [6.07, 6.45) is 8.71. The Labute approximate surface area is 174 Å². The Morgan fingerprint density at radius 1 is 0.966 bits per heavy atom. The highest BCUT2D eigenvalue weighted by Crippen LogP contribution is 2.60. The average molecular weight is 426 g/mol. The highest BCUT2D eigenvalue weighted by molar-refractivity contribution is 7.90. The molecule has 0 aromatic rings. The van der Waals surface area contributed by atoms with Crippen LogP contribution in [0.3, 0.4) is 0 Å². The smallest absolute Gasteiger partial charge is 0.226 e. The summed E-state index contributed by atoms with van der Waals surface area (Å²) in [5.74, 6) is 2.67. The zero-order valence-electron chi connectivity index (χ0n) is 17.6. The lowest BCUT2D eigenvalue weighted by atomic mass is 9.49. The number of amides is 2. The molecule has 164 valence electrons.